The summed E-state index contributed by atoms with van der Waals surface area (Å²) in [5.74, 6) is -2.58. The van der Waals surface area contributed by atoms with E-state index in [0.717, 1.165) is 5.56 Å². The first-order valence-electron chi connectivity index (χ1n) is 7.96. The van der Waals surface area contributed by atoms with Gasteiger partial charge < -0.3 is 30.3 Å². The van der Waals surface area contributed by atoms with Crippen molar-refractivity contribution in [2.45, 2.75) is 13.0 Å². The van der Waals surface area contributed by atoms with Crippen LogP contribution in [0.4, 0.5) is 0 Å². The Balaban J connectivity index is 2.04. The number of nitrogens with zero attached hydrogens (tertiary/aromatic N) is 1. The van der Waals surface area contributed by atoms with Crippen LogP contribution < -0.4 is 10.1 Å². The zero-order valence-corrected chi connectivity index (χ0v) is 14.0. The summed E-state index contributed by atoms with van der Waals surface area (Å²) in [6, 6.07) is 6.91. The molecule has 0 bridgehead atoms. The summed E-state index contributed by atoms with van der Waals surface area (Å²) in [4.78, 5) is 36.4. The number of carboxylic acids is 1. The van der Waals surface area contributed by atoms with E-state index in [9.17, 15) is 19.5 Å². The van der Waals surface area contributed by atoms with E-state index >= 15 is 0 Å². The van der Waals surface area contributed by atoms with Gasteiger partial charge in [-0.1, -0.05) is 12.1 Å². The third-order valence-electron chi connectivity index (χ3n) is 3.69. The van der Waals surface area contributed by atoms with E-state index in [1.165, 1.54) is 4.90 Å². The van der Waals surface area contributed by atoms with Gasteiger partial charge in [-0.15, -0.1) is 0 Å². The summed E-state index contributed by atoms with van der Waals surface area (Å²) in [5, 5.41) is 29.3. The van der Waals surface area contributed by atoms with E-state index in [4.69, 9.17) is 14.9 Å². The summed E-state index contributed by atoms with van der Waals surface area (Å²) in [6.07, 6.45) is 0.110. The van der Waals surface area contributed by atoms with Gasteiger partial charge in [0.1, 0.15) is 30.2 Å². The highest BCUT2D eigenvalue weighted by molar-refractivity contribution is 6.19. The van der Waals surface area contributed by atoms with E-state index in [1.54, 1.807) is 24.3 Å². The van der Waals surface area contributed by atoms with Crippen molar-refractivity contribution in [2.24, 2.45) is 0 Å². The molecule has 0 fully saturated rings. The van der Waals surface area contributed by atoms with Crippen molar-refractivity contribution in [3.8, 4) is 5.75 Å². The van der Waals surface area contributed by atoms with Crippen molar-refractivity contribution in [1.29, 1.82) is 0 Å². The fourth-order valence-corrected chi connectivity index (χ4v) is 2.45. The Bertz CT molecular complexity index is 712. The van der Waals surface area contributed by atoms with Crippen LogP contribution in [0.2, 0.25) is 0 Å². The Labute approximate surface area is 149 Å². The van der Waals surface area contributed by atoms with Gasteiger partial charge in [0.15, 0.2) is 0 Å². The summed E-state index contributed by atoms with van der Waals surface area (Å²) >= 11 is 0. The third-order valence-corrected chi connectivity index (χ3v) is 3.69. The SMILES string of the molecule is O=C(O)CNC(=O)C1=C(O)CCN(Cc2ccc(OCCO)cc2)C1=O. The first-order chi connectivity index (χ1) is 12.4. The zero-order valence-electron chi connectivity index (χ0n) is 14.0. The summed E-state index contributed by atoms with van der Waals surface area (Å²) < 4.78 is 5.26. The van der Waals surface area contributed by atoms with Crippen LogP contribution in [0.1, 0.15) is 12.0 Å². The Hall–Kier alpha value is -3.07. The average Bonchev–Trinajstić information content (AvgIpc) is 2.62. The third kappa shape index (κ3) is 4.96. The highest BCUT2D eigenvalue weighted by atomic mass is 16.5. The van der Waals surface area contributed by atoms with Crippen molar-refractivity contribution in [3.05, 3.63) is 41.2 Å². The lowest BCUT2D eigenvalue weighted by molar-refractivity contribution is -0.138. The van der Waals surface area contributed by atoms with E-state index < -0.39 is 29.9 Å². The largest absolute Gasteiger partial charge is 0.511 e. The number of nitrogens with one attached hydrogen (secondary N) is 1. The van der Waals surface area contributed by atoms with Gasteiger partial charge in [-0.25, -0.2) is 0 Å². The van der Waals surface area contributed by atoms with Crippen molar-refractivity contribution in [2.75, 3.05) is 26.3 Å². The van der Waals surface area contributed by atoms with Crippen LogP contribution in [-0.4, -0.2) is 64.3 Å². The van der Waals surface area contributed by atoms with Crippen LogP contribution in [0.25, 0.3) is 0 Å². The maximum Gasteiger partial charge on any atom is 0.322 e. The van der Waals surface area contributed by atoms with Gasteiger partial charge in [-0.3, -0.25) is 14.4 Å². The molecule has 140 valence electrons. The summed E-state index contributed by atoms with van der Waals surface area (Å²) in [5.41, 5.74) is 0.363. The fourth-order valence-electron chi connectivity index (χ4n) is 2.45. The number of rotatable bonds is 8. The van der Waals surface area contributed by atoms with Crippen LogP contribution in [0, 0.1) is 0 Å². The number of benzene rings is 1. The average molecular weight is 364 g/mol. The van der Waals surface area contributed by atoms with Crippen LogP contribution >= 0.6 is 0 Å². The normalized spacial score (nSPS) is 14.3. The van der Waals surface area contributed by atoms with E-state index in [2.05, 4.69) is 5.32 Å². The molecule has 0 radical (unpaired) electrons. The number of carboxylic acid groups (broad SMARTS) is 1. The van der Waals surface area contributed by atoms with E-state index in [1.807, 2.05) is 0 Å². The summed E-state index contributed by atoms with van der Waals surface area (Å²) in [6.45, 7) is -0.0845. The number of amides is 2. The minimum Gasteiger partial charge on any atom is -0.511 e. The lowest BCUT2D eigenvalue weighted by Crippen LogP contribution is -2.43. The molecule has 4 N–H and O–H groups in total. The predicted octanol–water partition coefficient (Wildman–Crippen LogP) is -0.197. The second-order valence-corrected chi connectivity index (χ2v) is 5.59. The highest BCUT2D eigenvalue weighted by Gasteiger charge is 2.32. The molecule has 0 atom stereocenters. The number of ether oxygens (including phenoxy) is 1. The number of carbonyl (C=O) groups excluding carboxylic acids is 2. The molecule has 0 aliphatic carbocycles. The van der Waals surface area contributed by atoms with Gasteiger partial charge in [0.2, 0.25) is 0 Å². The lowest BCUT2D eigenvalue weighted by Gasteiger charge is -2.28. The molecule has 0 spiro atoms. The van der Waals surface area contributed by atoms with Gasteiger partial charge in [-0.2, -0.15) is 0 Å². The lowest BCUT2D eigenvalue weighted by atomic mass is 10.0. The van der Waals surface area contributed by atoms with Crippen LogP contribution in [0.5, 0.6) is 5.75 Å². The molecule has 1 aliphatic rings. The first-order valence-corrected chi connectivity index (χ1v) is 7.96. The number of hydrogen-bond acceptors (Lipinski definition) is 6. The molecule has 0 aromatic heterocycles. The molecule has 1 aromatic carbocycles. The van der Waals surface area contributed by atoms with Crippen LogP contribution in [0.3, 0.4) is 0 Å². The quantitative estimate of drug-likeness (QED) is 0.469. The zero-order chi connectivity index (χ0) is 19.1. The van der Waals surface area contributed by atoms with Gasteiger partial charge in [0.25, 0.3) is 11.8 Å². The molecular formula is C17H20N2O7. The molecule has 9 nitrogen and oxygen atoms in total. The van der Waals surface area contributed by atoms with E-state index in [0.29, 0.717) is 5.75 Å². The molecule has 1 heterocycles. The number of aliphatic hydroxyl groups is 2. The number of carbonyl (C=O) groups is 3. The molecule has 1 aromatic rings. The highest BCUT2D eigenvalue weighted by Crippen LogP contribution is 2.21. The standard InChI is InChI=1S/C17H20N2O7/c20-7-8-26-12-3-1-11(2-4-12)10-19-6-5-13(21)15(17(19)25)16(24)18-9-14(22)23/h1-4,20-21H,5-10H2,(H,18,24)(H,22,23). The van der Waals surface area contributed by atoms with Gasteiger partial charge in [0, 0.05) is 19.5 Å². The van der Waals surface area contributed by atoms with Crippen molar-refractivity contribution >= 4 is 17.8 Å². The molecule has 1 aliphatic heterocycles. The second-order valence-electron chi connectivity index (χ2n) is 5.59. The number of hydrogen-bond donors (Lipinski definition) is 4. The smallest absolute Gasteiger partial charge is 0.322 e. The Kier molecular flexibility index (Phi) is 6.56. The van der Waals surface area contributed by atoms with Crippen LogP contribution in [0.15, 0.2) is 35.6 Å². The molecule has 2 amide bonds. The molecule has 9 heteroatoms. The topological polar surface area (TPSA) is 136 Å². The van der Waals surface area contributed by atoms with Crippen molar-refractivity contribution in [3.63, 3.8) is 0 Å². The molecule has 0 saturated carbocycles. The maximum absolute atomic E-state index is 12.5. The Morgan fingerprint density at radius 1 is 1.23 bits per heavy atom. The number of aliphatic hydroxyl groups excluding tert-OH is 2. The first kappa shape index (κ1) is 19.3. The van der Waals surface area contributed by atoms with Crippen molar-refractivity contribution < 1.29 is 34.4 Å². The summed E-state index contributed by atoms with van der Waals surface area (Å²) in [7, 11) is 0. The molecule has 2 rings (SSSR count). The van der Waals surface area contributed by atoms with Crippen LogP contribution in [-0.2, 0) is 20.9 Å². The molecule has 26 heavy (non-hydrogen) atoms. The molecule has 0 unspecified atom stereocenters. The van der Waals surface area contributed by atoms with E-state index in [-0.39, 0.29) is 38.5 Å². The Morgan fingerprint density at radius 3 is 2.54 bits per heavy atom. The minimum absolute atomic E-state index is 0.0907. The van der Waals surface area contributed by atoms with Gasteiger partial charge >= 0.3 is 5.97 Å². The predicted molar refractivity (Wildman–Crippen MR) is 89.4 cm³/mol. The minimum atomic E-state index is -1.25. The van der Waals surface area contributed by atoms with Gasteiger partial charge in [-0.05, 0) is 17.7 Å². The van der Waals surface area contributed by atoms with Crippen molar-refractivity contribution in [1.82, 2.24) is 10.2 Å². The second kappa shape index (κ2) is 8.86. The fraction of sp³-hybridized carbons (Fsp3) is 0.353. The Morgan fingerprint density at radius 2 is 1.92 bits per heavy atom. The maximum atomic E-state index is 12.5. The monoisotopic (exact) mass is 364 g/mol. The molecular weight excluding hydrogens is 344 g/mol. The number of aliphatic carboxylic acids is 1. The van der Waals surface area contributed by atoms with Gasteiger partial charge in [0.05, 0.1) is 6.61 Å². The molecule has 0 saturated heterocycles.